The molecule has 6 nitrogen and oxygen atoms in total. The molecule has 1 amide bonds. The summed E-state index contributed by atoms with van der Waals surface area (Å²) in [6, 6.07) is 0. The maximum Gasteiger partial charge on any atom is 0.275 e. The van der Waals surface area contributed by atoms with Gasteiger partial charge in [0.2, 0.25) is 0 Å². The molecule has 0 aliphatic rings. The van der Waals surface area contributed by atoms with Gasteiger partial charge in [-0.2, -0.15) is 0 Å². The van der Waals surface area contributed by atoms with E-state index >= 15 is 0 Å². The van der Waals surface area contributed by atoms with Gasteiger partial charge in [0.05, 0.1) is 30.0 Å². The van der Waals surface area contributed by atoms with E-state index in [2.05, 4.69) is 39.4 Å². The van der Waals surface area contributed by atoms with Gasteiger partial charge in [-0.1, -0.05) is 13.8 Å². The van der Waals surface area contributed by atoms with Gasteiger partial charge in [-0.05, 0) is 18.4 Å². The number of pyridine rings is 1. The van der Waals surface area contributed by atoms with Crippen molar-refractivity contribution in [1.29, 1.82) is 0 Å². The zero-order valence-corrected chi connectivity index (χ0v) is 12.4. The first-order valence-electron chi connectivity index (χ1n) is 6.83. The second-order valence-electron chi connectivity index (χ2n) is 5.18. The quantitative estimate of drug-likeness (QED) is 0.882. The maximum atomic E-state index is 12.1. The molecule has 0 aromatic carbocycles. The van der Waals surface area contributed by atoms with Crippen LogP contribution in [0.3, 0.4) is 0 Å². The summed E-state index contributed by atoms with van der Waals surface area (Å²) < 4.78 is 0. The van der Waals surface area contributed by atoms with Crippen LogP contribution in [0.5, 0.6) is 0 Å². The average molecular weight is 285 g/mol. The summed E-state index contributed by atoms with van der Waals surface area (Å²) in [5.74, 6) is 0.233. The molecule has 0 aliphatic carbocycles. The monoisotopic (exact) mass is 285 g/mol. The Bertz CT molecular complexity index is 613. The minimum atomic E-state index is -0.297. The van der Waals surface area contributed by atoms with Crippen LogP contribution in [0, 0.1) is 12.8 Å². The Morgan fingerprint density at radius 2 is 1.90 bits per heavy atom. The van der Waals surface area contributed by atoms with E-state index in [1.807, 2.05) is 6.92 Å². The van der Waals surface area contributed by atoms with Gasteiger partial charge in [-0.15, -0.1) is 0 Å². The van der Waals surface area contributed by atoms with Crippen molar-refractivity contribution in [1.82, 2.24) is 15.0 Å². The molecule has 0 unspecified atom stereocenters. The Hall–Kier alpha value is -2.50. The van der Waals surface area contributed by atoms with Gasteiger partial charge in [0, 0.05) is 18.9 Å². The van der Waals surface area contributed by atoms with Crippen molar-refractivity contribution in [3.63, 3.8) is 0 Å². The first-order chi connectivity index (χ1) is 10.1. The fourth-order valence-corrected chi connectivity index (χ4v) is 1.75. The van der Waals surface area contributed by atoms with E-state index in [4.69, 9.17) is 0 Å². The second-order valence-corrected chi connectivity index (χ2v) is 5.18. The van der Waals surface area contributed by atoms with Crippen LogP contribution < -0.4 is 10.6 Å². The number of amides is 1. The molecule has 2 heterocycles. The lowest BCUT2D eigenvalue weighted by Gasteiger charge is -2.14. The highest BCUT2D eigenvalue weighted by Gasteiger charge is 2.11. The molecule has 0 bridgehead atoms. The van der Waals surface area contributed by atoms with E-state index < -0.39 is 0 Å². The number of hydrogen-bond donors (Lipinski definition) is 2. The van der Waals surface area contributed by atoms with Gasteiger partial charge in [-0.25, -0.2) is 4.98 Å². The van der Waals surface area contributed by atoms with Crippen LogP contribution in [-0.4, -0.2) is 27.4 Å². The molecule has 0 radical (unpaired) electrons. The van der Waals surface area contributed by atoms with Crippen molar-refractivity contribution in [3.05, 3.63) is 42.2 Å². The van der Waals surface area contributed by atoms with E-state index in [-0.39, 0.29) is 11.6 Å². The molecule has 0 aliphatic heterocycles. The molecular formula is C15H19N5O. The van der Waals surface area contributed by atoms with Crippen LogP contribution in [-0.2, 0) is 0 Å². The molecule has 2 aromatic heterocycles. The number of rotatable bonds is 5. The number of carbonyl (C=O) groups is 1. The summed E-state index contributed by atoms with van der Waals surface area (Å²) in [6.45, 7) is 7.06. The topological polar surface area (TPSA) is 79.8 Å². The van der Waals surface area contributed by atoms with Crippen molar-refractivity contribution in [2.75, 3.05) is 17.2 Å². The van der Waals surface area contributed by atoms with Crippen LogP contribution in [0.25, 0.3) is 0 Å². The average Bonchev–Trinajstić information content (AvgIpc) is 2.49. The van der Waals surface area contributed by atoms with E-state index in [0.717, 1.165) is 17.8 Å². The Labute approximate surface area is 124 Å². The van der Waals surface area contributed by atoms with Gasteiger partial charge in [0.25, 0.3) is 5.91 Å². The van der Waals surface area contributed by atoms with Gasteiger partial charge in [0.1, 0.15) is 5.69 Å². The van der Waals surface area contributed by atoms with Crippen molar-refractivity contribution in [2.45, 2.75) is 20.8 Å². The molecular weight excluding hydrogens is 266 g/mol. The Morgan fingerprint density at radius 1 is 1.14 bits per heavy atom. The highest BCUT2D eigenvalue weighted by atomic mass is 16.1. The fourth-order valence-electron chi connectivity index (χ4n) is 1.75. The van der Waals surface area contributed by atoms with Crippen molar-refractivity contribution >= 4 is 17.3 Å². The first kappa shape index (κ1) is 14.9. The number of hydrogen-bond acceptors (Lipinski definition) is 5. The molecule has 2 N–H and O–H groups in total. The van der Waals surface area contributed by atoms with Crippen LogP contribution in [0.1, 0.15) is 29.9 Å². The van der Waals surface area contributed by atoms with Crippen LogP contribution in [0.15, 0.2) is 31.0 Å². The molecule has 0 fully saturated rings. The maximum absolute atomic E-state index is 12.1. The summed E-state index contributed by atoms with van der Waals surface area (Å²) >= 11 is 0. The number of nitrogens with zero attached hydrogens (tertiary/aromatic N) is 3. The number of aromatic nitrogens is 3. The molecule has 2 rings (SSSR count). The smallest absolute Gasteiger partial charge is 0.275 e. The first-order valence-corrected chi connectivity index (χ1v) is 6.83. The summed E-state index contributed by atoms with van der Waals surface area (Å²) in [4.78, 5) is 24.1. The summed E-state index contributed by atoms with van der Waals surface area (Å²) in [5.41, 5.74) is 2.81. The number of nitrogens with one attached hydrogen (secondary N) is 2. The standard InChI is InChI=1S/C15H19N5O/c1-10(2)6-19-12-7-17-8-13(11(12)3)20-15(21)14-9-16-4-5-18-14/h4-5,7-10,19H,6H2,1-3H3,(H,20,21). The lowest BCUT2D eigenvalue weighted by molar-refractivity contribution is 0.102. The van der Waals surface area contributed by atoms with Crippen molar-refractivity contribution < 1.29 is 4.79 Å². The summed E-state index contributed by atoms with van der Waals surface area (Å²) in [7, 11) is 0. The van der Waals surface area contributed by atoms with Gasteiger partial charge in [0.15, 0.2) is 0 Å². The van der Waals surface area contributed by atoms with Gasteiger partial charge in [-0.3, -0.25) is 14.8 Å². The molecule has 0 atom stereocenters. The minimum Gasteiger partial charge on any atom is -0.383 e. The van der Waals surface area contributed by atoms with Gasteiger partial charge >= 0.3 is 0 Å². The number of carbonyl (C=O) groups excluding carboxylic acids is 1. The van der Waals surface area contributed by atoms with Crippen LogP contribution >= 0.6 is 0 Å². The predicted octanol–water partition coefficient (Wildman–Crippen LogP) is 2.50. The fraction of sp³-hybridized carbons (Fsp3) is 0.333. The molecule has 110 valence electrons. The minimum absolute atomic E-state index is 0.275. The van der Waals surface area contributed by atoms with Crippen LogP contribution in [0.4, 0.5) is 11.4 Å². The summed E-state index contributed by atoms with van der Waals surface area (Å²) in [6.07, 6.45) is 7.83. The molecule has 0 saturated carbocycles. The van der Waals surface area contributed by atoms with E-state index in [0.29, 0.717) is 11.6 Å². The third-order valence-electron chi connectivity index (χ3n) is 2.96. The highest BCUT2D eigenvalue weighted by molar-refractivity contribution is 6.03. The molecule has 6 heteroatoms. The van der Waals surface area contributed by atoms with E-state index in [1.165, 1.54) is 18.6 Å². The normalized spacial score (nSPS) is 10.5. The Kier molecular flexibility index (Phi) is 4.81. The summed E-state index contributed by atoms with van der Waals surface area (Å²) in [5, 5.41) is 6.13. The zero-order valence-electron chi connectivity index (χ0n) is 12.4. The lowest BCUT2D eigenvalue weighted by Crippen LogP contribution is -2.16. The zero-order chi connectivity index (χ0) is 15.2. The number of anilines is 2. The molecule has 2 aromatic rings. The molecule has 0 saturated heterocycles. The SMILES string of the molecule is Cc1c(NCC(C)C)cncc1NC(=O)c1cnccn1. The molecule has 21 heavy (non-hydrogen) atoms. The second kappa shape index (κ2) is 6.78. The largest absolute Gasteiger partial charge is 0.383 e. The molecule has 0 spiro atoms. The Morgan fingerprint density at radius 3 is 2.57 bits per heavy atom. The van der Waals surface area contributed by atoms with Crippen LogP contribution in [0.2, 0.25) is 0 Å². The highest BCUT2D eigenvalue weighted by Crippen LogP contribution is 2.22. The Balaban J connectivity index is 2.13. The predicted molar refractivity (Wildman–Crippen MR) is 82.3 cm³/mol. The lowest BCUT2D eigenvalue weighted by atomic mass is 10.2. The van der Waals surface area contributed by atoms with Crippen molar-refractivity contribution in [3.8, 4) is 0 Å². The van der Waals surface area contributed by atoms with Crippen molar-refractivity contribution in [2.24, 2.45) is 5.92 Å². The van der Waals surface area contributed by atoms with E-state index in [1.54, 1.807) is 12.4 Å². The van der Waals surface area contributed by atoms with E-state index in [9.17, 15) is 4.79 Å². The third kappa shape index (κ3) is 3.98. The van der Waals surface area contributed by atoms with Gasteiger partial charge < -0.3 is 10.6 Å². The third-order valence-corrected chi connectivity index (χ3v) is 2.96.